The maximum Gasteiger partial charge on any atom is 0.454 e. The molecule has 1 rings (SSSR count). The van der Waals surface area contributed by atoms with Crippen LogP contribution in [0, 0.1) is 0 Å². The highest BCUT2D eigenvalue weighted by molar-refractivity contribution is 6.00. The van der Waals surface area contributed by atoms with E-state index < -0.39 is 12.0 Å². The monoisotopic (exact) mass is 258 g/mol. The van der Waals surface area contributed by atoms with Gasteiger partial charge in [-0.05, 0) is 5.56 Å². The lowest BCUT2D eigenvalue weighted by molar-refractivity contribution is -0.165. The summed E-state index contributed by atoms with van der Waals surface area (Å²) in [6.45, 7) is 0. The number of nitrogens with one attached hydrogen (secondary N) is 1. The Morgan fingerprint density at radius 1 is 1.22 bits per heavy atom. The molecule has 0 aromatic heterocycles. The molecule has 0 fully saturated rings. The molecule has 1 aromatic rings. The second-order valence-corrected chi connectivity index (χ2v) is 3.79. The second kappa shape index (κ2) is 5.68. The Balaban J connectivity index is 3.07. The molecule has 0 atom stereocenters. The van der Waals surface area contributed by atoms with Crippen LogP contribution in [0.3, 0.4) is 0 Å². The summed E-state index contributed by atoms with van der Waals surface area (Å²) in [5.74, 6) is -1.89. The maximum absolute atomic E-state index is 12.2. The number of allylic oxidation sites excluding steroid dienone is 1. The Hall–Kier alpha value is -1.82. The van der Waals surface area contributed by atoms with Crippen molar-refractivity contribution in [3.63, 3.8) is 0 Å². The van der Waals surface area contributed by atoms with Crippen molar-refractivity contribution in [3.05, 3.63) is 42.0 Å². The summed E-state index contributed by atoms with van der Waals surface area (Å²) in [4.78, 5) is 11.0. The molecule has 0 saturated heterocycles. The fourth-order valence-electron chi connectivity index (χ4n) is 1.25. The van der Waals surface area contributed by atoms with Crippen LogP contribution in [0.25, 0.3) is 5.70 Å². The first-order valence-corrected chi connectivity index (χ1v) is 5.13. The van der Waals surface area contributed by atoms with E-state index in [-0.39, 0.29) is 5.70 Å². The molecule has 18 heavy (non-hydrogen) atoms. The van der Waals surface area contributed by atoms with Crippen LogP contribution < -0.4 is 5.43 Å². The molecule has 1 aromatic carbocycles. The van der Waals surface area contributed by atoms with Crippen LogP contribution in [0.2, 0.25) is 0 Å². The first kappa shape index (κ1) is 14.2. The van der Waals surface area contributed by atoms with Gasteiger partial charge < -0.3 is 5.43 Å². The van der Waals surface area contributed by atoms with E-state index in [1.54, 1.807) is 44.4 Å². The zero-order valence-electron chi connectivity index (χ0n) is 9.95. The van der Waals surface area contributed by atoms with Gasteiger partial charge in [-0.15, -0.1) is 0 Å². The van der Waals surface area contributed by atoms with Gasteiger partial charge in [0, 0.05) is 20.2 Å². The number of carbonyl (C=O) groups is 1. The van der Waals surface area contributed by atoms with Crippen LogP contribution in [-0.2, 0) is 4.79 Å². The van der Waals surface area contributed by atoms with Gasteiger partial charge in [0.05, 0.1) is 5.70 Å². The molecule has 6 heteroatoms. The van der Waals surface area contributed by atoms with Crippen molar-refractivity contribution in [2.24, 2.45) is 0 Å². The van der Waals surface area contributed by atoms with Crippen LogP contribution in [-0.4, -0.2) is 31.1 Å². The van der Waals surface area contributed by atoms with E-state index in [4.69, 9.17) is 0 Å². The predicted molar refractivity (Wildman–Crippen MR) is 62.3 cm³/mol. The number of ketones is 1. The molecule has 1 N–H and O–H groups in total. The largest absolute Gasteiger partial charge is 0.454 e. The standard InChI is InChI=1S/C12H13F3N2O/c1-17(2)16-10(8-11(18)12(13,14)15)9-6-4-3-5-7-9/h3-8,16H,1-2H3. The summed E-state index contributed by atoms with van der Waals surface area (Å²) in [5, 5.41) is 1.46. The van der Waals surface area contributed by atoms with E-state index in [9.17, 15) is 18.0 Å². The topological polar surface area (TPSA) is 32.3 Å². The first-order valence-electron chi connectivity index (χ1n) is 5.13. The summed E-state index contributed by atoms with van der Waals surface area (Å²) in [6, 6.07) is 8.33. The highest BCUT2D eigenvalue weighted by Crippen LogP contribution is 2.19. The van der Waals surface area contributed by atoms with Crippen molar-refractivity contribution in [3.8, 4) is 0 Å². The zero-order chi connectivity index (χ0) is 13.8. The molecule has 0 bridgehead atoms. The minimum absolute atomic E-state index is 0.0999. The number of carbonyl (C=O) groups excluding carboxylic acids is 1. The summed E-state index contributed by atoms with van der Waals surface area (Å²) < 4.78 is 36.7. The van der Waals surface area contributed by atoms with Crippen LogP contribution in [0.15, 0.2) is 36.4 Å². The minimum Gasteiger partial charge on any atom is -0.319 e. The predicted octanol–water partition coefficient (Wildman–Crippen LogP) is 2.23. The lowest BCUT2D eigenvalue weighted by Gasteiger charge is -2.17. The van der Waals surface area contributed by atoms with Crippen molar-refractivity contribution in [2.75, 3.05) is 14.1 Å². The molecular formula is C12H13F3N2O. The van der Waals surface area contributed by atoms with E-state index >= 15 is 0 Å². The average Bonchev–Trinajstić information content (AvgIpc) is 2.27. The van der Waals surface area contributed by atoms with Crippen molar-refractivity contribution >= 4 is 11.5 Å². The third kappa shape index (κ3) is 4.21. The number of hydrogen-bond donors (Lipinski definition) is 1. The number of hydrazine groups is 1. The highest BCUT2D eigenvalue weighted by atomic mass is 19.4. The molecule has 0 spiro atoms. The number of nitrogens with zero attached hydrogens (tertiary/aromatic N) is 1. The van der Waals surface area contributed by atoms with Crippen molar-refractivity contribution in [1.29, 1.82) is 0 Å². The van der Waals surface area contributed by atoms with Gasteiger partial charge in [0.15, 0.2) is 0 Å². The minimum atomic E-state index is -4.87. The molecule has 3 nitrogen and oxygen atoms in total. The van der Waals surface area contributed by atoms with Gasteiger partial charge in [0.2, 0.25) is 0 Å². The molecule has 0 aliphatic rings. The number of halogens is 3. The van der Waals surface area contributed by atoms with Gasteiger partial charge in [-0.3, -0.25) is 4.79 Å². The van der Waals surface area contributed by atoms with Crippen molar-refractivity contribution in [1.82, 2.24) is 10.4 Å². The van der Waals surface area contributed by atoms with E-state index in [0.717, 1.165) is 0 Å². The average molecular weight is 258 g/mol. The maximum atomic E-state index is 12.2. The van der Waals surface area contributed by atoms with E-state index in [1.807, 2.05) is 0 Å². The molecule has 0 aliphatic heterocycles. The number of alkyl halides is 3. The molecule has 0 aliphatic carbocycles. The Bertz CT molecular complexity index is 438. The van der Waals surface area contributed by atoms with Crippen molar-refractivity contribution in [2.45, 2.75) is 6.18 Å². The highest BCUT2D eigenvalue weighted by Gasteiger charge is 2.36. The molecule has 0 saturated carbocycles. The molecule has 0 amide bonds. The van der Waals surface area contributed by atoms with E-state index in [0.29, 0.717) is 11.6 Å². The van der Waals surface area contributed by atoms with Gasteiger partial charge in [0.25, 0.3) is 5.78 Å². The van der Waals surface area contributed by atoms with Crippen LogP contribution in [0.1, 0.15) is 5.56 Å². The lowest BCUT2D eigenvalue weighted by Crippen LogP contribution is -2.30. The molecular weight excluding hydrogens is 245 g/mol. The van der Waals surface area contributed by atoms with Gasteiger partial charge in [-0.2, -0.15) is 13.2 Å². The Morgan fingerprint density at radius 3 is 2.22 bits per heavy atom. The van der Waals surface area contributed by atoms with Gasteiger partial charge >= 0.3 is 6.18 Å². The molecule has 0 unspecified atom stereocenters. The molecule has 98 valence electrons. The fourth-order valence-corrected chi connectivity index (χ4v) is 1.25. The van der Waals surface area contributed by atoms with Crippen LogP contribution >= 0.6 is 0 Å². The Morgan fingerprint density at radius 2 is 1.78 bits per heavy atom. The normalized spacial score (nSPS) is 12.7. The Kier molecular flexibility index (Phi) is 4.49. The number of rotatable bonds is 4. The van der Waals surface area contributed by atoms with Crippen LogP contribution in [0.5, 0.6) is 0 Å². The first-order chi connectivity index (χ1) is 8.30. The zero-order valence-corrected chi connectivity index (χ0v) is 9.95. The third-order valence-electron chi connectivity index (χ3n) is 1.98. The second-order valence-electron chi connectivity index (χ2n) is 3.79. The van der Waals surface area contributed by atoms with E-state index in [1.165, 1.54) is 5.01 Å². The van der Waals surface area contributed by atoms with Gasteiger partial charge in [0.1, 0.15) is 0 Å². The molecule has 0 heterocycles. The summed E-state index contributed by atoms with van der Waals surface area (Å²) >= 11 is 0. The van der Waals surface area contributed by atoms with Gasteiger partial charge in [-0.25, -0.2) is 5.01 Å². The number of hydrogen-bond acceptors (Lipinski definition) is 3. The van der Waals surface area contributed by atoms with E-state index in [2.05, 4.69) is 5.43 Å². The van der Waals surface area contributed by atoms with Crippen molar-refractivity contribution < 1.29 is 18.0 Å². The summed E-state index contributed by atoms with van der Waals surface area (Å²) in [6.07, 6.45) is -4.32. The Labute approximate surface area is 103 Å². The fraction of sp³-hybridized carbons (Fsp3) is 0.250. The lowest BCUT2D eigenvalue weighted by atomic mass is 10.1. The quantitative estimate of drug-likeness (QED) is 0.664. The summed E-state index contributed by atoms with van der Waals surface area (Å²) in [7, 11) is 3.24. The van der Waals surface area contributed by atoms with Gasteiger partial charge in [-0.1, -0.05) is 30.3 Å². The SMILES string of the molecule is CN(C)NC(=CC(=O)C(F)(F)F)c1ccccc1. The number of benzene rings is 1. The third-order valence-corrected chi connectivity index (χ3v) is 1.98. The van der Waals surface area contributed by atoms with Crippen LogP contribution in [0.4, 0.5) is 13.2 Å². The summed E-state index contributed by atoms with van der Waals surface area (Å²) in [5.41, 5.74) is 3.28. The smallest absolute Gasteiger partial charge is 0.319 e. The molecule has 0 radical (unpaired) electrons.